The maximum atomic E-state index is 11.3. The molecular formula is C14H13N3O2S2. The van der Waals surface area contributed by atoms with Crippen LogP contribution in [0.1, 0.15) is 5.56 Å². The van der Waals surface area contributed by atoms with Gasteiger partial charge >= 0.3 is 6.09 Å². The standard InChI is InChI=1S/C14H13N3O2S2/c1-2-7-19-13(18)17-12(15)10-5-3-9(4-6-10)11-8-21-14(20)16-11/h2-6,8H,1,7H2,(H,16,20)(H2,15,17,18). The van der Waals surface area contributed by atoms with E-state index in [9.17, 15) is 4.79 Å². The number of nitrogens with one attached hydrogen (secondary N) is 1. The molecule has 0 aliphatic heterocycles. The third-order valence-corrected chi connectivity index (χ3v) is 3.61. The van der Waals surface area contributed by atoms with Gasteiger partial charge in [-0.1, -0.05) is 36.9 Å². The summed E-state index contributed by atoms with van der Waals surface area (Å²) in [5.41, 5.74) is 8.33. The van der Waals surface area contributed by atoms with Gasteiger partial charge in [-0.05, 0) is 17.8 Å². The Balaban J connectivity index is 2.14. The van der Waals surface area contributed by atoms with Crippen LogP contribution in [0.25, 0.3) is 11.3 Å². The van der Waals surface area contributed by atoms with Gasteiger partial charge in [0.15, 0.2) is 3.95 Å². The maximum Gasteiger partial charge on any atom is 0.435 e. The van der Waals surface area contributed by atoms with Crippen LogP contribution in [0.4, 0.5) is 4.79 Å². The van der Waals surface area contributed by atoms with Crippen molar-refractivity contribution >= 4 is 35.5 Å². The predicted octanol–water partition coefficient (Wildman–Crippen LogP) is 3.50. The molecule has 1 amide bonds. The number of ether oxygens (including phenoxy) is 1. The summed E-state index contributed by atoms with van der Waals surface area (Å²) in [7, 11) is 0. The van der Waals surface area contributed by atoms with Crippen molar-refractivity contribution in [2.45, 2.75) is 0 Å². The fourth-order valence-corrected chi connectivity index (χ4v) is 2.41. The van der Waals surface area contributed by atoms with Crippen LogP contribution in [-0.2, 0) is 4.74 Å². The summed E-state index contributed by atoms with van der Waals surface area (Å²) in [6.07, 6.45) is 0.724. The van der Waals surface area contributed by atoms with Crippen molar-refractivity contribution in [3.8, 4) is 11.3 Å². The first kappa shape index (κ1) is 15.1. The average Bonchev–Trinajstić information content (AvgIpc) is 2.92. The van der Waals surface area contributed by atoms with E-state index in [1.807, 2.05) is 17.5 Å². The van der Waals surface area contributed by atoms with Crippen molar-refractivity contribution < 1.29 is 9.53 Å². The lowest BCUT2D eigenvalue weighted by Crippen LogP contribution is -2.16. The van der Waals surface area contributed by atoms with Crippen molar-refractivity contribution in [3.63, 3.8) is 0 Å². The molecule has 2 rings (SSSR count). The number of aromatic nitrogens is 1. The molecule has 0 saturated carbocycles. The minimum Gasteiger partial charge on any atom is -0.444 e. The Morgan fingerprint density at radius 2 is 2.19 bits per heavy atom. The van der Waals surface area contributed by atoms with Gasteiger partial charge in [0.2, 0.25) is 0 Å². The SMILES string of the molecule is C=CCOC(=O)/N=C(\N)c1ccc(-c2csc(=S)[nH]2)cc1. The van der Waals surface area contributed by atoms with Gasteiger partial charge in [-0.25, -0.2) is 4.79 Å². The minimum atomic E-state index is -0.738. The van der Waals surface area contributed by atoms with Crippen LogP contribution in [0.2, 0.25) is 0 Å². The number of hydrogen-bond donors (Lipinski definition) is 2. The van der Waals surface area contributed by atoms with E-state index in [2.05, 4.69) is 16.6 Å². The largest absolute Gasteiger partial charge is 0.444 e. The van der Waals surface area contributed by atoms with Gasteiger partial charge in [0, 0.05) is 10.9 Å². The highest BCUT2D eigenvalue weighted by molar-refractivity contribution is 7.73. The molecule has 0 saturated heterocycles. The summed E-state index contributed by atoms with van der Waals surface area (Å²) < 4.78 is 5.46. The molecule has 1 heterocycles. The second-order valence-electron chi connectivity index (χ2n) is 4.00. The first-order valence-corrected chi connectivity index (χ1v) is 7.29. The molecule has 0 fully saturated rings. The highest BCUT2D eigenvalue weighted by atomic mass is 32.1. The van der Waals surface area contributed by atoms with Gasteiger partial charge in [-0.3, -0.25) is 0 Å². The number of rotatable bonds is 4. The highest BCUT2D eigenvalue weighted by Gasteiger charge is 2.05. The van der Waals surface area contributed by atoms with Crippen molar-refractivity contribution in [3.05, 3.63) is 51.8 Å². The van der Waals surface area contributed by atoms with Gasteiger partial charge in [0.1, 0.15) is 12.4 Å². The fourth-order valence-electron chi connectivity index (χ4n) is 1.57. The Hall–Kier alpha value is -2.25. The third-order valence-electron chi connectivity index (χ3n) is 2.55. The number of nitrogens with two attached hydrogens (primary N) is 1. The van der Waals surface area contributed by atoms with Crippen LogP contribution >= 0.6 is 23.6 Å². The summed E-state index contributed by atoms with van der Waals surface area (Å²) in [6, 6.07) is 7.31. The predicted molar refractivity (Wildman–Crippen MR) is 87.2 cm³/mol. The number of benzene rings is 1. The second-order valence-corrected chi connectivity index (χ2v) is 5.55. The van der Waals surface area contributed by atoms with Crippen LogP contribution in [0.15, 0.2) is 47.3 Å². The smallest absolute Gasteiger partial charge is 0.435 e. The van der Waals surface area contributed by atoms with Gasteiger partial charge < -0.3 is 15.5 Å². The molecule has 0 aliphatic carbocycles. The maximum absolute atomic E-state index is 11.3. The Morgan fingerprint density at radius 3 is 2.76 bits per heavy atom. The summed E-state index contributed by atoms with van der Waals surface area (Å²) in [4.78, 5) is 18.1. The number of carbonyl (C=O) groups excluding carboxylic acids is 1. The molecule has 0 atom stereocenters. The Kier molecular flexibility index (Phi) is 5.02. The number of carbonyl (C=O) groups is 1. The molecule has 1 aromatic carbocycles. The summed E-state index contributed by atoms with van der Waals surface area (Å²) in [5, 5.41) is 1.95. The first-order valence-electron chi connectivity index (χ1n) is 6.00. The molecule has 0 bridgehead atoms. The number of thiazole rings is 1. The number of H-pyrrole nitrogens is 1. The van der Waals surface area contributed by atoms with Gasteiger partial charge in [0.05, 0.1) is 5.69 Å². The topological polar surface area (TPSA) is 80.5 Å². The minimum absolute atomic E-state index is 0.103. The van der Waals surface area contributed by atoms with Gasteiger partial charge in [-0.2, -0.15) is 4.99 Å². The zero-order valence-corrected chi connectivity index (χ0v) is 12.7. The fraction of sp³-hybridized carbons (Fsp3) is 0.0714. The van der Waals surface area contributed by atoms with Crippen LogP contribution in [0.3, 0.4) is 0 Å². The van der Waals surface area contributed by atoms with Crippen molar-refractivity contribution in [1.82, 2.24) is 4.98 Å². The number of nitrogens with zero attached hydrogens (tertiary/aromatic N) is 1. The van der Waals surface area contributed by atoms with E-state index in [1.54, 1.807) is 12.1 Å². The van der Waals surface area contributed by atoms with Crippen LogP contribution in [-0.4, -0.2) is 23.5 Å². The quantitative estimate of drug-likeness (QED) is 0.391. The number of amidine groups is 1. The van der Waals surface area contributed by atoms with Crippen molar-refractivity contribution in [1.29, 1.82) is 0 Å². The molecule has 1 aromatic heterocycles. The number of aromatic amines is 1. The lowest BCUT2D eigenvalue weighted by molar-refractivity contribution is 0.170. The van der Waals surface area contributed by atoms with E-state index in [0.29, 0.717) is 5.56 Å². The Bertz CT molecular complexity index is 729. The Labute approximate surface area is 130 Å². The summed E-state index contributed by atoms with van der Waals surface area (Å²) in [5.74, 6) is 0.105. The summed E-state index contributed by atoms with van der Waals surface area (Å²) in [6.45, 7) is 3.55. The Morgan fingerprint density at radius 1 is 1.48 bits per heavy atom. The van der Waals surface area contributed by atoms with Crippen LogP contribution < -0.4 is 5.73 Å². The van der Waals surface area contributed by atoms with E-state index in [4.69, 9.17) is 22.7 Å². The number of amides is 1. The molecule has 0 aliphatic rings. The third kappa shape index (κ3) is 4.11. The molecule has 108 valence electrons. The number of aliphatic imine (C=N–C) groups is 1. The van der Waals surface area contributed by atoms with E-state index < -0.39 is 6.09 Å². The molecular weight excluding hydrogens is 306 g/mol. The molecule has 0 radical (unpaired) electrons. The van der Waals surface area contributed by atoms with Crippen molar-refractivity contribution in [2.24, 2.45) is 10.7 Å². The lowest BCUT2D eigenvalue weighted by Gasteiger charge is -2.03. The van der Waals surface area contributed by atoms with E-state index in [1.165, 1.54) is 17.4 Å². The normalized spacial score (nSPS) is 11.1. The molecule has 0 spiro atoms. The van der Waals surface area contributed by atoms with Crippen molar-refractivity contribution in [2.75, 3.05) is 6.61 Å². The van der Waals surface area contributed by atoms with Gasteiger partial charge in [-0.15, -0.1) is 11.3 Å². The van der Waals surface area contributed by atoms with Gasteiger partial charge in [0.25, 0.3) is 0 Å². The summed E-state index contributed by atoms with van der Waals surface area (Å²) >= 11 is 6.52. The van der Waals surface area contributed by atoms with E-state index in [-0.39, 0.29) is 12.4 Å². The molecule has 7 heteroatoms. The number of hydrogen-bond acceptors (Lipinski definition) is 4. The zero-order valence-electron chi connectivity index (χ0n) is 11.0. The van der Waals surface area contributed by atoms with Crippen LogP contribution in [0.5, 0.6) is 0 Å². The molecule has 0 unspecified atom stereocenters. The highest BCUT2D eigenvalue weighted by Crippen LogP contribution is 2.20. The first-order chi connectivity index (χ1) is 10.1. The van der Waals surface area contributed by atoms with E-state index in [0.717, 1.165) is 15.2 Å². The monoisotopic (exact) mass is 319 g/mol. The zero-order chi connectivity index (χ0) is 15.2. The lowest BCUT2D eigenvalue weighted by atomic mass is 10.1. The van der Waals surface area contributed by atoms with E-state index >= 15 is 0 Å². The molecule has 2 aromatic rings. The van der Waals surface area contributed by atoms with Crippen LogP contribution in [0, 0.1) is 3.95 Å². The second kappa shape index (κ2) is 6.96. The molecule has 5 nitrogen and oxygen atoms in total. The molecule has 21 heavy (non-hydrogen) atoms. The molecule has 3 N–H and O–H groups in total. The average molecular weight is 319 g/mol.